The molecule has 2 rings (SSSR count). The van der Waals surface area contributed by atoms with Crippen LogP contribution in [-0.4, -0.2) is 28.5 Å². The van der Waals surface area contributed by atoms with Crippen molar-refractivity contribution in [2.75, 3.05) is 11.4 Å². The van der Waals surface area contributed by atoms with Crippen LogP contribution in [0.25, 0.3) is 0 Å². The van der Waals surface area contributed by atoms with Crippen molar-refractivity contribution in [3.63, 3.8) is 0 Å². The maximum atomic E-state index is 11.3. The van der Waals surface area contributed by atoms with Gasteiger partial charge in [-0.15, -0.1) is 0 Å². The largest absolute Gasteiger partial charge is 0.368 e. The van der Waals surface area contributed by atoms with E-state index < -0.39 is 0 Å². The second-order valence-electron chi connectivity index (χ2n) is 5.04. The molecule has 0 unspecified atom stereocenters. The van der Waals surface area contributed by atoms with Crippen LogP contribution in [0.2, 0.25) is 0 Å². The maximum Gasteiger partial charge on any atom is 0.237 e. The van der Waals surface area contributed by atoms with Gasteiger partial charge in [0.15, 0.2) is 0 Å². The van der Waals surface area contributed by atoms with Crippen LogP contribution >= 0.6 is 0 Å². The number of aromatic nitrogens is 2. The standard InChI is InChI=1S/C13H21N5O/c1-9-6-10(7-14)17-13(16-9)18(8-12(15)19)11-4-2-3-5-11/h6,11H,2-5,7-8,14H2,1H3,(H2,15,19). The molecule has 1 fully saturated rings. The van der Waals surface area contributed by atoms with Gasteiger partial charge in [-0.2, -0.15) is 0 Å². The summed E-state index contributed by atoms with van der Waals surface area (Å²) in [5.74, 6) is 0.220. The van der Waals surface area contributed by atoms with E-state index >= 15 is 0 Å². The molecule has 1 saturated carbocycles. The molecule has 0 bridgehead atoms. The average Bonchev–Trinajstić information content (AvgIpc) is 2.88. The predicted molar refractivity (Wildman–Crippen MR) is 73.5 cm³/mol. The molecule has 6 nitrogen and oxygen atoms in total. The molecule has 0 atom stereocenters. The second-order valence-corrected chi connectivity index (χ2v) is 5.04. The van der Waals surface area contributed by atoms with E-state index in [-0.39, 0.29) is 12.5 Å². The van der Waals surface area contributed by atoms with Gasteiger partial charge in [-0.05, 0) is 25.8 Å². The SMILES string of the molecule is Cc1cc(CN)nc(N(CC(N)=O)C2CCCC2)n1. The van der Waals surface area contributed by atoms with Gasteiger partial charge in [0.2, 0.25) is 11.9 Å². The lowest BCUT2D eigenvalue weighted by Gasteiger charge is -2.28. The zero-order valence-corrected chi connectivity index (χ0v) is 11.3. The molecule has 4 N–H and O–H groups in total. The summed E-state index contributed by atoms with van der Waals surface area (Å²) in [4.78, 5) is 22.1. The number of hydrogen-bond donors (Lipinski definition) is 2. The fourth-order valence-corrected chi connectivity index (χ4v) is 2.60. The van der Waals surface area contributed by atoms with Crippen molar-refractivity contribution in [1.82, 2.24) is 9.97 Å². The first-order chi connectivity index (χ1) is 9.10. The third-order valence-electron chi connectivity index (χ3n) is 3.45. The average molecular weight is 263 g/mol. The molecule has 1 aromatic rings. The third-order valence-corrected chi connectivity index (χ3v) is 3.45. The van der Waals surface area contributed by atoms with Crippen molar-refractivity contribution in [1.29, 1.82) is 0 Å². The van der Waals surface area contributed by atoms with Crippen LogP contribution in [-0.2, 0) is 11.3 Å². The van der Waals surface area contributed by atoms with Crippen molar-refractivity contribution >= 4 is 11.9 Å². The van der Waals surface area contributed by atoms with Crippen LogP contribution in [0.5, 0.6) is 0 Å². The molecule has 0 radical (unpaired) electrons. The molecule has 1 amide bonds. The fraction of sp³-hybridized carbons (Fsp3) is 0.615. The van der Waals surface area contributed by atoms with Crippen molar-refractivity contribution in [3.05, 3.63) is 17.5 Å². The summed E-state index contributed by atoms with van der Waals surface area (Å²) in [5.41, 5.74) is 12.6. The molecule has 0 spiro atoms. The number of primary amides is 1. The Hall–Kier alpha value is -1.69. The van der Waals surface area contributed by atoms with Crippen LogP contribution in [0.4, 0.5) is 5.95 Å². The topological polar surface area (TPSA) is 98.1 Å². The molecule has 104 valence electrons. The van der Waals surface area contributed by atoms with Gasteiger partial charge in [-0.3, -0.25) is 4.79 Å². The Balaban J connectivity index is 2.30. The number of rotatable bonds is 5. The van der Waals surface area contributed by atoms with Crippen LogP contribution in [0, 0.1) is 6.92 Å². The number of hydrogen-bond acceptors (Lipinski definition) is 5. The molecule has 1 aliphatic rings. The first-order valence-corrected chi connectivity index (χ1v) is 6.69. The lowest BCUT2D eigenvalue weighted by atomic mass is 10.2. The molecular weight excluding hydrogens is 242 g/mol. The maximum absolute atomic E-state index is 11.3. The number of carbonyl (C=O) groups is 1. The quantitative estimate of drug-likeness (QED) is 0.805. The lowest BCUT2D eigenvalue weighted by molar-refractivity contribution is -0.116. The van der Waals surface area contributed by atoms with Gasteiger partial charge in [0.1, 0.15) is 0 Å². The third kappa shape index (κ3) is 3.41. The first kappa shape index (κ1) is 13.7. The van der Waals surface area contributed by atoms with Crippen LogP contribution in [0.15, 0.2) is 6.07 Å². The summed E-state index contributed by atoms with van der Waals surface area (Å²) < 4.78 is 0. The molecule has 19 heavy (non-hydrogen) atoms. The van der Waals surface area contributed by atoms with E-state index in [0.29, 0.717) is 18.5 Å². The molecule has 0 saturated heterocycles. The Morgan fingerprint density at radius 2 is 2.11 bits per heavy atom. The minimum atomic E-state index is -0.355. The zero-order valence-electron chi connectivity index (χ0n) is 11.3. The molecule has 6 heteroatoms. The zero-order chi connectivity index (χ0) is 13.8. The highest BCUT2D eigenvalue weighted by molar-refractivity contribution is 5.79. The van der Waals surface area contributed by atoms with Crippen molar-refractivity contribution < 1.29 is 4.79 Å². The minimum absolute atomic E-state index is 0.165. The van der Waals surface area contributed by atoms with Gasteiger partial charge in [-0.1, -0.05) is 12.8 Å². The predicted octanol–water partition coefficient (Wildman–Crippen LogP) is 0.478. The highest BCUT2D eigenvalue weighted by Gasteiger charge is 2.26. The van der Waals surface area contributed by atoms with E-state index in [0.717, 1.165) is 24.2 Å². The summed E-state index contributed by atoms with van der Waals surface area (Å²) in [5, 5.41) is 0. The number of nitrogens with zero attached hydrogens (tertiary/aromatic N) is 3. The van der Waals surface area contributed by atoms with E-state index in [1.807, 2.05) is 17.9 Å². The van der Waals surface area contributed by atoms with Crippen LogP contribution in [0.1, 0.15) is 37.1 Å². The Morgan fingerprint density at radius 1 is 1.42 bits per heavy atom. The van der Waals surface area contributed by atoms with Crippen molar-refractivity contribution in [2.45, 2.75) is 45.2 Å². The molecule has 1 aromatic heterocycles. The molecule has 0 aromatic carbocycles. The summed E-state index contributed by atoms with van der Waals surface area (Å²) >= 11 is 0. The van der Waals surface area contributed by atoms with E-state index in [4.69, 9.17) is 11.5 Å². The van der Waals surface area contributed by atoms with Gasteiger partial charge in [-0.25, -0.2) is 9.97 Å². The van der Waals surface area contributed by atoms with Crippen LogP contribution in [0.3, 0.4) is 0 Å². The molecule has 1 heterocycles. The summed E-state index contributed by atoms with van der Waals surface area (Å²) in [7, 11) is 0. The van der Waals surface area contributed by atoms with Gasteiger partial charge < -0.3 is 16.4 Å². The number of amides is 1. The monoisotopic (exact) mass is 263 g/mol. The number of aryl methyl sites for hydroxylation is 1. The number of carbonyl (C=O) groups excluding carboxylic acids is 1. The Labute approximate surface area is 113 Å². The lowest BCUT2D eigenvalue weighted by Crippen LogP contribution is -2.41. The van der Waals surface area contributed by atoms with E-state index in [1.54, 1.807) is 0 Å². The van der Waals surface area contributed by atoms with Gasteiger partial charge in [0.05, 0.1) is 12.2 Å². The van der Waals surface area contributed by atoms with Crippen molar-refractivity contribution in [2.24, 2.45) is 11.5 Å². The summed E-state index contributed by atoms with van der Waals surface area (Å²) in [6.45, 7) is 2.44. The van der Waals surface area contributed by atoms with E-state index in [1.165, 1.54) is 12.8 Å². The Bertz CT molecular complexity index is 456. The Morgan fingerprint density at radius 3 is 2.68 bits per heavy atom. The first-order valence-electron chi connectivity index (χ1n) is 6.69. The Kier molecular flexibility index (Phi) is 4.31. The number of nitrogens with two attached hydrogens (primary N) is 2. The van der Waals surface area contributed by atoms with Gasteiger partial charge in [0.25, 0.3) is 0 Å². The molecule has 0 aliphatic heterocycles. The number of anilines is 1. The van der Waals surface area contributed by atoms with Gasteiger partial charge in [0, 0.05) is 18.3 Å². The van der Waals surface area contributed by atoms with Crippen LogP contribution < -0.4 is 16.4 Å². The normalized spacial score (nSPS) is 15.7. The highest BCUT2D eigenvalue weighted by Crippen LogP contribution is 2.26. The second kappa shape index (κ2) is 5.97. The summed E-state index contributed by atoms with van der Waals surface area (Å²) in [6.07, 6.45) is 4.47. The molecular formula is C13H21N5O. The van der Waals surface area contributed by atoms with Crippen molar-refractivity contribution in [3.8, 4) is 0 Å². The highest BCUT2D eigenvalue weighted by atomic mass is 16.1. The summed E-state index contributed by atoms with van der Waals surface area (Å²) in [6, 6.07) is 2.17. The van der Waals surface area contributed by atoms with E-state index in [9.17, 15) is 4.79 Å². The van der Waals surface area contributed by atoms with E-state index in [2.05, 4.69) is 9.97 Å². The minimum Gasteiger partial charge on any atom is -0.368 e. The smallest absolute Gasteiger partial charge is 0.237 e. The fourth-order valence-electron chi connectivity index (χ4n) is 2.60. The van der Waals surface area contributed by atoms with Gasteiger partial charge >= 0.3 is 0 Å². The molecule has 1 aliphatic carbocycles.